The lowest BCUT2D eigenvalue weighted by atomic mass is 10.1. The lowest BCUT2D eigenvalue weighted by Crippen LogP contribution is -2.48. The number of fused-ring (bicyclic) bond motifs is 1. The van der Waals surface area contributed by atoms with Crippen molar-refractivity contribution in [1.82, 2.24) is 14.0 Å². The van der Waals surface area contributed by atoms with Gasteiger partial charge in [-0.15, -0.1) is 0 Å². The second-order valence-corrected chi connectivity index (χ2v) is 9.51. The molecule has 1 aliphatic heterocycles. The first-order valence-corrected chi connectivity index (χ1v) is 11.4. The van der Waals surface area contributed by atoms with Gasteiger partial charge in [0.25, 0.3) is 0 Å². The van der Waals surface area contributed by atoms with Crippen LogP contribution in [0, 0.1) is 0 Å². The van der Waals surface area contributed by atoms with Crippen molar-refractivity contribution >= 4 is 12.1 Å². The Bertz CT molecular complexity index is 1100. The number of amides is 1. The Morgan fingerprint density at radius 1 is 1.12 bits per heavy atom. The molecule has 1 amide bonds. The number of ether oxygens (including phenoxy) is 3. The van der Waals surface area contributed by atoms with Gasteiger partial charge in [-0.1, -0.05) is 0 Å². The number of benzene rings is 1. The largest absolute Gasteiger partial charge is 0.490 e. The number of imidazole rings is 1. The maximum absolute atomic E-state index is 13.4. The van der Waals surface area contributed by atoms with Crippen LogP contribution in [0.3, 0.4) is 0 Å². The molecule has 1 fully saturated rings. The number of carbonyl (C=O) groups excluding carboxylic acids is 2. The molecule has 0 spiro atoms. The van der Waals surface area contributed by atoms with Crippen molar-refractivity contribution in [3.8, 4) is 11.4 Å². The third kappa shape index (κ3) is 4.77. The molecule has 0 bridgehead atoms. The average molecular weight is 458 g/mol. The summed E-state index contributed by atoms with van der Waals surface area (Å²) in [6.45, 7) is 9.43. The zero-order valence-electron chi connectivity index (χ0n) is 19.8. The zero-order valence-corrected chi connectivity index (χ0v) is 19.8. The molecule has 0 unspecified atom stereocenters. The SMILES string of the molecule is CCOC(=O)c1c2n(c(=O)n1-c1ccc(OC3CC3)cc1)C[C@@H](C)N(C(=O)OC(C)(C)C)C2. The molecule has 2 aliphatic rings. The predicted octanol–water partition coefficient (Wildman–Crippen LogP) is 3.50. The predicted molar refractivity (Wildman–Crippen MR) is 121 cm³/mol. The highest BCUT2D eigenvalue weighted by molar-refractivity contribution is 5.90. The van der Waals surface area contributed by atoms with E-state index in [-0.39, 0.29) is 43.2 Å². The van der Waals surface area contributed by atoms with Crippen LogP contribution in [0.5, 0.6) is 5.75 Å². The Kier molecular flexibility index (Phi) is 5.99. The van der Waals surface area contributed by atoms with Crippen LogP contribution in [0.1, 0.15) is 63.6 Å². The summed E-state index contributed by atoms with van der Waals surface area (Å²) in [4.78, 5) is 40.8. The fourth-order valence-corrected chi connectivity index (χ4v) is 3.88. The maximum atomic E-state index is 13.4. The van der Waals surface area contributed by atoms with Crippen LogP contribution >= 0.6 is 0 Å². The molecule has 9 nitrogen and oxygen atoms in total. The monoisotopic (exact) mass is 457 g/mol. The quantitative estimate of drug-likeness (QED) is 0.638. The first kappa shape index (κ1) is 22.9. The molecule has 0 N–H and O–H groups in total. The molecule has 4 rings (SSSR count). The Labute approximate surface area is 192 Å². The van der Waals surface area contributed by atoms with Gasteiger partial charge in [0.05, 0.1) is 36.7 Å². The van der Waals surface area contributed by atoms with Gasteiger partial charge >= 0.3 is 17.8 Å². The standard InChI is InChI=1S/C24H31N3O6/c1-6-31-21(28)20-19-14-25(23(30)33-24(3,4)5)15(2)13-26(19)22(29)27(20)16-7-9-17(10-8-16)32-18-11-12-18/h7-10,15,18H,6,11-14H2,1-5H3/t15-/m1/s1. The number of esters is 1. The molecule has 0 saturated heterocycles. The van der Waals surface area contributed by atoms with Gasteiger partial charge in [-0.2, -0.15) is 0 Å². The molecule has 1 atom stereocenters. The Morgan fingerprint density at radius 3 is 2.36 bits per heavy atom. The topological polar surface area (TPSA) is 92.0 Å². The third-order valence-corrected chi connectivity index (χ3v) is 5.56. The van der Waals surface area contributed by atoms with Gasteiger partial charge in [0.1, 0.15) is 11.4 Å². The number of hydrogen-bond acceptors (Lipinski definition) is 6. The fourth-order valence-electron chi connectivity index (χ4n) is 3.88. The van der Waals surface area contributed by atoms with E-state index in [9.17, 15) is 14.4 Å². The van der Waals surface area contributed by atoms with E-state index >= 15 is 0 Å². The van der Waals surface area contributed by atoms with Gasteiger partial charge < -0.3 is 14.2 Å². The lowest BCUT2D eigenvalue weighted by Gasteiger charge is -2.35. The summed E-state index contributed by atoms with van der Waals surface area (Å²) in [7, 11) is 0. The van der Waals surface area contributed by atoms with E-state index in [2.05, 4.69) is 0 Å². The zero-order chi connectivity index (χ0) is 23.9. The first-order valence-electron chi connectivity index (χ1n) is 11.4. The Morgan fingerprint density at radius 2 is 1.79 bits per heavy atom. The van der Waals surface area contributed by atoms with Crippen molar-refractivity contribution in [2.75, 3.05) is 6.61 Å². The number of aromatic nitrogens is 2. The summed E-state index contributed by atoms with van der Waals surface area (Å²) in [6.07, 6.45) is 1.87. The normalized spacial score (nSPS) is 18.0. The van der Waals surface area contributed by atoms with E-state index in [1.54, 1.807) is 61.4 Å². The fraction of sp³-hybridized carbons (Fsp3) is 0.542. The van der Waals surface area contributed by atoms with Gasteiger partial charge in [-0.05, 0) is 71.7 Å². The Balaban J connectivity index is 1.75. The van der Waals surface area contributed by atoms with E-state index in [1.807, 2.05) is 6.92 Å². The van der Waals surface area contributed by atoms with E-state index in [0.717, 1.165) is 18.6 Å². The van der Waals surface area contributed by atoms with Crippen molar-refractivity contribution in [2.24, 2.45) is 0 Å². The van der Waals surface area contributed by atoms with E-state index in [4.69, 9.17) is 14.2 Å². The van der Waals surface area contributed by atoms with Crippen molar-refractivity contribution in [1.29, 1.82) is 0 Å². The number of nitrogens with zero attached hydrogens (tertiary/aromatic N) is 3. The summed E-state index contributed by atoms with van der Waals surface area (Å²) in [6, 6.07) is 6.80. The van der Waals surface area contributed by atoms with Crippen LogP contribution in [0.2, 0.25) is 0 Å². The molecule has 2 heterocycles. The molecule has 1 aromatic heterocycles. The minimum absolute atomic E-state index is 0.0648. The van der Waals surface area contributed by atoms with Crippen LogP contribution in [-0.4, -0.2) is 50.5 Å². The van der Waals surface area contributed by atoms with Gasteiger partial charge in [0, 0.05) is 6.54 Å². The Hall–Kier alpha value is -3.23. The number of rotatable bonds is 5. The van der Waals surface area contributed by atoms with Gasteiger partial charge in [0.15, 0.2) is 5.69 Å². The second kappa shape index (κ2) is 8.61. The maximum Gasteiger partial charge on any atom is 0.410 e. The van der Waals surface area contributed by atoms with E-state index in [0.29, 0.717) is 11.4 Å². The molecule has 2 aromatic rings. The molecule has 1 saturated carbocycles. The average Bonchev–Trinajstić information content (AvgIpc) is 3.50. The van der Waals surface area contributed by atoms with Gasteiger partial charge in [-0.25, -0.2) is 14.4 Å². The highest BCUT2D eigenvalue weighted by Gasteiger charge is 2.37. The third-order valence-electron chi connectivity index (χ3n) is 5.56. The molecule has 178 valence electrons. The van der Waals surface area contributed by atoms with Gasteiger partial charge in [-0.3, -0.25) is 14.0 Å². The first-order chi connectivity index (χ1) is 15.6. The summed E-state index contributed by atoms with van der Waals surface area (Å²) in [5, 5.41) is 0. The summed E-state index contributed by atoms with van der Waals surface area (Å²) >= 11 is 0. The van der Waals surface area contributed by atoms with E-state index in [1.165, 1.54) is 4.57 Å². The summed E-state index contributed by atoms with van der Waals surface area (Å²) in [5.74, 6) is 0.112. The molecular formula is C24H31N3O6. The van der Waals surface area contributed by atoms with Crippen molar-refractivity contribution in [2.45, 2.75) is 78.3 Å². The van der Waals surface area contributed by atoms with E-state index < -0.39 is 17.7 Å². The van der Waals surface area contributed by atoms with Crippen LogP contribution in [0.4, 0.5) is 4.79 Å². The van der Waals surface area contributed by atoms with Crippen LogP contribution in [-0.2, 0) is 22.6 Å². The van der Waals surface area contributed by atoms with Crippen molar-refractivity contribution < 1.29 is 23.8 Å². The second-order valence-electron chi connectivity index (χ2n) is 9.51. The highest BCUT2D eigenvalue weighted by atomic mass is 16.6. The summed E-state index contributed by atoms with van der Waals surface area (Å²) in [5.41, 5.74) is 0.0803. The number of hydrogen-bond donors (Lipinski definition) is 0. The molecular weight excluding hydrogens is 426 g/mol. The van der Waals surface area contributed by atoms with Crippen molar-refractivity contribution in [3.63, 3.8) is 0 Å². The molecule has 0 radical (unpaired) electrons. The summed E-state index contributed by atoms with van der Waals surface area (Å²) < 4.78 is 19.5. The van der Waals surface area contributed by atoms with Crippen LogP contribution in [0.15, 0.2) is 29.1 Å². The molecule has 1 aliphatic carbocycles. The molecule has 1 aromatic carbocycles. The molecule has 9 heteroatoms. The minimum atomic E-state index is -0.659. The van der Waals surface area contributed by atoms with Crippen LogP contribution < -0.4 is 10.4 Å². The smallest absolute Gasteiger partial charge is 0.410 e. The number of carbonyl (C=O) groups is 2. The minimum Gasteiger partial charge on any atom is -0.490 e. The van der Waals surface area contributed by atoms with Crippen LogP contribution in [0.25, 0.3) is 5.69 Å². The lowest BCUT2D eigenvalue weighted by molar-refractivity contribution is 0.00925. The molecule has 33 heavy (non-hydrogen) atoms. The highest BCUT2D eigenvalue weighted by Crippen LogP contribution is 2.28. The van der Waals surface area contributed by atoms with Gasteiger partial charge in [0.2, 0.25) is 0 Å². The van der Waals surface area contributed by atoms with Crippen molar-refractivity contribution in [3.05, 3.63) is 46.1 Å².